The summed E-state index contributed by atoms with van der Waals surface area (Å²) in [5, 5.41) is 0.969. The number of benzene rings is 3. The fourth-order valence-electron chi connectivity index (χ4n) is 3.33. The standard InChI is InChI=1S/C25H21NO4S/c1-18(22-15-20-9-5-6-13-24(20)26-16-22)30-25(27)21-10-7-8-19(14-21)17-31(28,29)23-11-3-2-4-12-23/h2-16,18H,17H2,1H3. The van der Waals surface area contributed by atoms with Gasteiger partial charge in [0.05, 0.1) is 21.7 Å². The minimum Gasteiger partial charge on any atom is -0.454 e. The Labute approximate surface area is 181 Å². The summed E-state index contributed by atoms with van der Waals surface area (Å²) in [6.07, 6.45) is 1.20. The minimum atomic E-state index is -3.50. The highest BCUT2D eigenvalue weighted by Gasteiger charge is 2.18. The fraction of sp³-hybridized carbons (Fsp3) is 0.120. The second-order valence-corrected chi connectivity index (χ2v) is 9.27. The first-order valence-corrected chi connectivity index (χ1v) is 11.5. The van der Waals surface area contributed by atoms with Gasteiger partial charge in [-0.2, -0.15) is 0 Å². The normalized spacial score (nSPS) is 12.4. The van der Waals surface area contributed by atoms with E-state index in [2.05, 4.69) is 4.98 Å². The van der Waals surface area contributed by atoms with Gasteiger partial charge in [0.15, 0.2) is 9.84 Å². The van der Waals surface area contributed by atoms with E-state index in [-0.39, 0.29) is 10.6 Å². The number of sulfone groups is 1. The van der Waals surface area contributed by atoms with Crippen LogP contribution in [0.2, 0.25) is 0 Å². The van der Waals surface area contributed by atoms with Crippen LogP contribution in [0.25, 0.3) is 10.9 Å². The average Bonchev–Trinajstić information content (AvgIpc) is 2.79. The molecule has 6 heteroatoms. The quantitative estimate of drug-likeness (QED) is 0.396. The minimum absolute atomic E-state index is 0.192. The summed E-state index contributed by atoms with van der Waals surface area (Å²) < 4.78 is 30.9. The maximum atomic E-state index is 12.7. The van der Waals surface area contributed by atoms with Gasteiger partial charge in [-0.1, -0.05) is 48.5 Å². The molecule has 0 aliphatic rings. The van der Waals surface area contributed by atoms with Crippen molar-refractivity contribution in [3.05, 3.63) is 108 Å². The Morgan fingerprint density at radius 3 is 2.48 bits per heavy atom. The molecule has 1 heterocycles. The summed E-state index contributed by atoms with van der Waals surface area (Å²) in [6.45, 7) is 1.79. The van der Waals surface area contributed by atoms with E-state index in [4.69, 9.17) is 4.74 Å². The van der Waals surface area contributed by atoms with E-state index in [1.807, 2.05) is 30.3 Å². The molecule has 0 amide bonds. The molecule has 0 fully saturated rings. The molecule has 1 atom stereocenters. The lowest BCUT2D eigenvalue weighted by Gasteiger charge is -2.14. The number of fused-ring (bicyclic) bond motifs is 1. The number of ether oxygens (including phenoxy) is 1. The maximum Gasteiger partial charge on any atom is 0.338 e. The molecule has 31 heavy (non-hydrogen) atoms. The van der Waals surface area contributed by atoms with Crippen LogP contribution in [-0.4, -0.2) is 19.4 Å². The van der Waals surface area contributed by atoms with Crippen LogP contribution in [0.1, 0.15) is 34.5 Å². The van der Waals surface area contributed by atoms with Crippen LogP contribution in [0.3, 0.4) is 0 Å². The number of esters is 1. The van der Waals surface area contributed by atoms with Crippen LogP contribution in [-0.2, 0) is 20.3 Å². The number of nitrogens with zero attached hydrogens (tertiary/aromatic N) is 1. The van der Waals surface area contributed by atoms with Crippen LogP contribution >= 0.6 is 0 Å². The summed E-state index contributed by atoms with van der Waals surface area (Å²) in [5.41, 5.74) is 2.49. The lowest BCUT2D eigenvalue weighted by Crippen LogP contribution is -2.11. The number of pyridine rings is 1. The third kappa shape index (κ3) is 4.81. The van der Waals surface area contributed by atoms with E-state index in [1.165, 1.54) is 0 Å². The highest BCUT2D eigenvalue weighted by molar-refractivity contribution is 7.90. The number of para-hydroxylation sites is 1. The lowest BCUT2D eigenvalue weighted by molar-refractivity contribution is 0.0337. The summed E-state index contributed by atoms with van der Waals surface area (Å²) in [7, 11) is -3.50. The predicted molar refractivity (Wildman–Crippen MR) is 119 cm³/mol. The van der Waals surface area contributed by atoms with Gasteiger partial charge in [-0.3, -0.25) is 4.98 Å². The molecule has 0 N–H and O–H groups in total. The van der Waals surface area contributed by atoms with Crippen LogP contribution in [0.4, 0.5) is 0 Å². The summed E-state index contributed by atoms with van der Waals surface area (Å²) in [5.74, 6) is -0.706. The first-order valence-electron chi connectivity index (χ1n) is 9.85. The molecule has 0 saturated carbocycles. The molecule has 0 spiro atoms. The Hall–Kier alpha value is -3.51. The molecule has 5 nitrogen and oxygen atoms in total. The van der Waals surface area contributed by atoms with Crippen molar-refractivity contribution in [1.29, 1.82) is 0 Å². The molecule has 3 aromatic carbocycles. The third-order valence-electron chi connectivity index (χ3n) is 4.99. The van der Waals surface area contributed by atoms with Crippen molar-refractivity contribution < 1.29 is 17.9 Å². The highest BCUT2D eigenvalue weighted by Crippen LogP contribution is 2.23. The van der Waals surface area contributed by atoms with Crippen molar-refractivity contribution in [3.63, 3.8) is 0 Å². The van der Waals surface area contributed by atoms with Crippen molar-refractivity contribution in [1.82, 2.24) is 4.98 Å². The molecule has 0 aliphatic heterocycles. The van der Waals surface area contributed by atoms with Gasteiger partial charge < -0.3 is 4.74 Å². The van der Waals surface area contributed by atoms with Gasteiger partial charge in [-0.25, -0.2) is 13.2 Å². The number of carbonyl (C=O) groups excluding carboxylic acids is 1. The van der Waals surface area contributed by atoms with Crippen molar-refractivity contribution in [2.24, 2.45) is 0 Å². The number of rotatable bonds is 6. The molecule has 1 aromatic heterocycles. The molecular formula is C25H21NO4S. The third-order valence-corrected chi connectivity index (χ3v) is 6.69. The zero-order chi connectivity index (χ0) is 21.8. The van der Waals surface area contributed by atoms with E-state index in [1.54, 1.807) is 67.7 Å². The zero-order valence-corrected chi connectivity index (χ0v) is 17.7. The Bertz CT molecular complexity index is 1330. The molecule has 4 rings (SSSR count). The Morgan fingerprint density at radius 1 is 0.935 bits per heavy atom. The Balaban J connectivity index is 1.50. The van der Waals surface area contributed by atoms with Gasteiger partial charge in [-0.15, -0.1) is 0 Å². The topological polar surface area (TPSA) is 73.3 Å². The van der Waals surface area contributed by atoms with Crippen molar-refractivity contribution in [2.45, 2.75) is 23.7 Å². The van der Waals surface area contributed by atoms with Gasteiger partial charge in [0, 0.05) is 17.1 Å². The van der Waals surface area contributed by atoms with E-state index < -0.39 is 21.9 Å². The summed E-state index contributed by atoms with van der Waals surface area (Å²) in [4.78, 5) is 17.3. The number of hydrogen-bond donors (Lipinski definition) is 0. The van der Waals surface area contributed by atoms with Crippen molar-refractivity contribution in [3.8, 4) is 0 Å². The molecule has 156 valence electrons. The van der Waals surface area contributed by atoms with Gasteiger partial charge in [0.1, 0.15) is 6.10 Å². The fourth-order valence-corrected chi connectivity index (χ4v) is 4.68. The summed E-state index contributed by atoms with van der Waals surface area (Å²) >= 11 is 0. The zero-order valence-electron chi connectivity index (χ0n) is 16.9. The van der Waals surface area contributed by atoms with Crippen LogP contribution in [0.5, 0.6) is 0 Å². The molecule has 1 unspecified atom stereocenters. The SMILES string of the molecule is CC(OC(=O)c1cccc(CS(=O)(=O)c2ccccc2)c1)c1cnc2ccccc2c1. The molecule has 4 aromatic rings. The van der Waals surface area contributed by atoms with Gasteiger partial charge in [0.2, 0.25) is 0 Å². The average molecular weight is 432 g/mol. The molecule has 0 aliphatic carbocycles. The predicted octanol–water partition coefficient (Wildman–Crippen LogP) is 5.13. The van der Waals surface area contributed by atoms with Crippen LogP contribution in [0, 0.1) is 0 Å². The monoisotopic (exact) mass is 431 g/mol. The van der Waals surface area contributed by atoms with E-state index in [9.17, 15) is 13.2 Å². The Morgan fingerprint density at radius 2 is 1.68 bits per heavy atom. The van der Waals surface area contributed by atoms with Gasteiger partial charge in [-0.05, 0) is 48.9 Å². The second kappa shape index (κ2) is 8.70. The van der Waals surface area contributed by atoms with Crippen molar-refractivity contribution in [2.75, 3.05) is 0 Å². The van der Waals surface area contributed by atoms with Crippen LogP contribution in [0.15, 0.2) is 96.0 Å². The summed E-state index contributed by atoms with van der Waals surface area (Å²) in [6, 6.07) is 24.5. The number of carbonyl (C=O) groups is 1. The van der Waals surface area contributed by atoms with Crippen LogP contribution < -0.4 is 0 Å². The number of aromatic nitrogens is 1. The van der Waals surface area contributed by atoms with Gasteiger partial charge in [0.25, 0.3) is 0 Å². The highest BCUT2D eigenvalue weighted by atomic mass is 32.2. The lowest BCUT2D eigenvalue weighted by atomic mass is 10.1. The van der Waals surface area contributed by atoms with E-state index >= 15 is 0 Å². The largest absolute Gasteiger partial charge is 0.454 e. The molecule has 0 radical (unpaired) electrons. The molecule has 0 bridgehead atoms. The number of hydrogen-bond acceptors (Lipinski definition) is 5. The van der Waals surface area contributed by atoms with E-state index in [0.29, 0.717) is 11.1 Å². The first kappa shape index (κ1) is 20.8. The Kier molecular flexibility index (Phi) is 5.82. The molecular weight excluding hydrogens is 410 g/mol. The van der Waals surface area contributed by atoms with Crippen molar-refractivity contribution >= 4 is 26.7 Å². The molecule has 0 saturated heterocycles. The maximum absolute atomic E-state index is 12.7. The van der Waals surface area contributed by atoms with E-state index in [0.717, 1.165) is 16.5 Å². The van der Waals surface area contributed by atoms with Gasteiger partial charge >= 0.3 is 5.97 Å². The smallest absolute Gasteiger partial charge is 0.338 e. The first-order chi connectivity index (χ1) is 14.9. The second-order valence-electron chi connectivity index (χ2n) is 7.28.